The van der Waals surface area contributed by atoms with Crippen molar-refractivity contribution in [2.24, 2.45) is 0 Å². The maximum absolute atomic E-state index is 9.04. The molecule has 0 spiro atoms. The van der Waals surface area contributed by atoms with Crippen molar-refractivity contribution in [1.29, 1.82) is 0 Å². The smallest absolute Gasteiger partial charge is 0.213 e. The Morgan fingerprint density at radius 1 is 1.32 bits per heavy atom. The SMILES string of the molecule is OCc1ccc(CN2CCC[C@@H](Oc3ccc(Cl)cn3)C2)o1. The minimum absolute atomic E-state index is 0.0615. The zero-order valence-electron chi connectivity index (χ0n) is 12.2. The number of likely N-dealkylation sites (tertiary alicyclic amines) is 1. The van der Waals surface area contributed by atoms with E-state index in [-0.39, 0.29) is 12.7 Å². The monoisotopic (exact) mass is 322 g/mol. The van der Waals surface area contributed by atoms with Crippen LogP contribution in [0.2, 0.25) is 5.02 Å². The number of hydrogen-bond acceptors (Lipinski definition) is 5. The van der Waals surface area contributed by atoms with E-state index in [1.807, 2.05) is 12.1 Å². The van der Waals surface area contributed by atoms with E-state index in [2.05, 4.69) is 9.88 Å². The average molecular weight is 323 g/mol. The van der Waals surface area contributed by atoms with Crippen molar-refractivity contribution in [3.63, 3.8) is 0 Å². The van der Waals surface area contributed by atoms with E-state index in [0.29, 0.717) is 16.7 Å². The molecule has 0 aromatic carbocycles. The number of aliphatic hydroxyl groups is 1. The summed E-state index contributed by atoms with van der Waals surface area (Å²) >= 11 is 5.83. The molecule has 1 N–H and O–H groups in total. The molecular weight excluding hydrogens is 304 g/mol. The van der Waals surface area contributed by atoms with E-state index in [4.69, 9.17) is 25.9 Å². The number of nitrogens with zero attached hydrogens (tertiary/aromatic N) is 2. The molecule has 118 valence electrons. The molecule has 5 nitrogen and oxygen atoms in total. The third kappa shape index (κ3) is 4.00. The van der Waals surface area contributed by atoms with Gasteiger partial charge in [-0.3, -0.25) is 4.90 Å². The van der Waals surface area contributed by atoms with Gasteiger partial charge in [0.1, 0.15) is 24.2 Å². The van der Waals surface area contributed by atoms with Gasteiger partial charge >= 0.3 is 0 Å². The van der Waals surface area contributed by atoms with Gasteiger partial charge in [-0.2, -0.15) is 0 Å². The summed E-state index contributed by atoms with van der Waals surface area (Å²) in [6.45, 7) is 2.52. The average Bonchev–Trinajstić information content (AvgIpc) is 2.98. The summed E-state index contributed by atoms with van der Waals surface area (Å²) in [4.78, 5) is 6.47. The van der Waals surface area contributed by atoms with Gasteiger partial charge in [0.2, 0.25) is 5.88 Å². The van der Waals surface area contributed by atoms with Crippen molar-refractivity contribution in [2.75, 3.05) is 13.1 Å². The lowest BCUT2D eigenvalue weighted by molar-refractivity contribution is 0.0763. The maximum atomic E-state index is 9.04. The molecule has 0 amide bonds. The molecule has 1 atom stereocenters. The van der Waals surface area contributed by atoms with Crippen LogP contribution in [0.1, 0.15) is 24.4 Å². The summed E-state index contributed by atoms with van der Waals surface area (Å²) in [6, 6.07) is 7.30. The van der Waals surface area contributed by atoms with Crippen LogP contribution in [0.5, 0.6) is 5.88 Å². The Kier molecular flexibility index (Phi) is 4.97. The Hall–Kier alpha value is -1.56. The number of furan rings is 1. The van der Waals surface area contributed by atoms with Crippen LogP contribution in [0, 0.1) is 0 Å². The lowest BCUT2D eigenvalue weighted by Gasteiger charge is -2.31. The first-order valence-electron chi connectivity index (χ1n) is 7.42. The lowest BCUT2D eigenvalue weighted by Crippen LogP contribution is -2.40. The third-order valence-electron chi connectivity index (χ3n) is 3.70. The fraction of sp³-hybridized carbons (Fsp3) is 0.438. The number of ether oxygens (including phenoxy) is 1. The second-order valence-electron chi connectivity index (χ2n) is 5.46. The fourth-order valence-corrected chi connectivity index (χ4v) is 2.78. The standard InChI is InChI=1S/C16H19ClN2O3/c17-12-3-6-16(18-8-12)22-13-2-1-7-19(9-13)10-14-4-5-15(11-20)21-14/h3-6,8,13,20H,1-2,7,9-11H2/t13-/m1/s1. The van der Waals surface area contributed by atoms with E-state index in [1.54, 1.807) is 18.3 Å². The Morgan fingerprint density at radius 2 is 2.18 bits per heavy atom. The van der Waals surface area contributed by atoms with Crippen molar-refractivity contribution in [3.8, 4) is 5.88 Å². The summed E-state index contributed by atoms with van der Waals surface area (Å²) in [5.41, 5.74) is 0. The van der Waals surface area contributed by atoms with E-state index in [9.17, 15) is 0 Å². The number of halogens is 1. The first-order chi connectivity index (χ1) is 10.7. The van der Waals surface area contributed by atoms with Gasteiger partial charge in [-0.15, -0.1) is 0 Å². The molecule has 1 saturated heterocycles. The van der Waals surface area contributed by atoms with Gasteiger partial charge in [0.05, 0.1) is 11.6 Å². The van der Waals surface area contributed by atoms with Crippen molar-refractivity contribution in [1.82, 2.24) is 9.88 Å². The molecule has 0 unspecified atom stereocenters. The predicted octanol–water partition coefficient (Wildman–Crippen LogP) is 2.86. The second kappa shape index (κ2) is 7.13. The van der Waals surface area contributed by atoms with Crippen LogP contribution in [0.25, 0.3) is 0 Å². The van der Waals surface area contributed by atoms with Gasteiger partial charge in [0, 0.05) is 18.8 Å². The summed E-state index contributed by atoms with van der Waals surface area (Å²) in [7, 11) is 0. The van der Waals surface area contributed by atoms with E-state index in [1.165, 1.54) is 0 Å². The highest BCUT2D eigenvalue weighted by Crippen LogP contribution is 2.20. The number of piperidine rings is 1. The predicted molar refractivity (Wildman–Crippen MR) is 82.8 cm³/mol. The molecule has 3 rings (SSSR count). The van der Waals surface area contributed by atoms with Crippen molar-refractivity contribution < 1.29 is 14.3 Å². The topological polar surface area (TPSA) is 58.7 Å². The largest absolute Gasteiger partial charge is 0.473 e. The highest BCUT2D eigenvalue weighted by atomic mass is 35.5. The second-order valence-corrected chi connectivity index (χ2v) is 5.89. The number of rotatable bonds is 5. The molecule has 2 aromatic rings. The van der Waals surface area contributed by atoms with Gasteiger partial charge in [-0.05, 0) is 37.6 Å². The van der Waals surface area contributed by atoms with Gasteiger partial charge < -0.3 is 14.3 Å². The molecule has 3 heterocycles. The van der Waals surface area contributed by atoms with Crippen LogP contribution >= 0.6 is 11.6 Å². The van der Waals surface area contributed by atoms with Gasteiger partial charge in [0.15, 0.2) is 0 Å². The molecule has 1 fully saturated rings. The van der Waals surface area contributed by atoms with Gasteiger partial charge in [0.25, 0.3) is 0 Å². The molecule has 0 bridgehead atoms. The van der Waals surface area contributed by atoms with Crippen LogP contribution in [0.3, 0.4) is 0 Å². The molecule has 6 heteroatoms. The number of hydrogen-bond donors (Lipinski definition) is 1. The number of aromatic nitrogens is 1. The minimum atomic E-state index is -0.0615. The molecule has 2 aromatic heterocycles. The van der Waals surface area contributed by atoms with E-state index < -0.39 is 0 Å². The zero-order chi connectivity index (χ0) is 15.4. The zero-order valence-corrected chi connectivity index (χ0v) is 13.0. The highest BCUT2D eigenvalue weighted by Gasteiger charge is 2.22. The van der Waals surface area contributed by atoms with Crippen molar-refractivity contribution in [3.05, 3.63) is 47.0 Å². The normalized spacial score (nSPS) is 19.3. The number of aliphatic hydroxyl groups excluding tert-OH is 1. The molecule has 0 radical (unpaired) electrons. The summed E-state index contributed by atoms with van der Waals surface area (Å²) in [6.07, 6.45) is 3.80. The number of pyridine rings is 1. The highest BCUT2D eigenvalue weighted by molar-refractivity contribution is 6.30. The van der Waals surface area contributed by atoms with Gasteiger partial charge in [-0.1, -0.05) is 11.6 Å². The Bertz CT molecular complexity index is 600. The van der Waals surface area contributed by atoms with Crippen molar-refractivity contribution >= 4 is 11.6 Å². The molecule has 0 aliphatic carbocycles. The van der Waals surface area contributed by atoms with Crippen LogP contribution in [-0.4, -0.2) is 34.2 Å². The Labute approximate surface area is 134 Å². The minimum Gasteiger partial charge on any atom is -0.473 e. The van der Waals surface area contributed by atoms with Crippen LogP contribution in [0.15, 0.2) is 34.9 Å². The molecular formula is C16H19ClN2O3. The molecule has 1 aliphatic heterocycles. The van der Waals surface area contributed by atoms with Crippen LogP contribution in [-0.2, 0) is 13.2 Å². The van der Waals surface area contributed by atoms with Crippen molar-refractivity contribution in [2.45, 2.75) is 32.1 Å². The van der Waals surface area contributed by atoms with Crippen LogP contribution in [0.4, 0.5) is 0 Å². The quantitative estimate of drug-likeness (QED) is 0.917. The Morgan fingerprint density at radius 3 is 2.91 bits per heavy atom. The van der Waals surface area contributed by atoms with Gasteiger partial charge in [-0.25, -0.2) is 4.98 Å². The fourth-order valence-electron chi connectivity index (χ4n) is 2.67. The summed E-state index contributed by atoms with van der Waals surface area (Å²) in [5, 5.41) is 9.65. The molecule has 1 aliphatic rings. The van der Waals surface area contributed by atoms with E-state index in [0.717, 1.165) is 38.2 Å². The first-order valence-corrected chi connectivity index (χ1v) is 7.80. The Balaban J connectivity index is 1.55. The third-order valence-corrected chi connectivity index (χ3v) is 3.93. The molecule has 22 heavy (non-hydrogen) atoms. The maximum Gasteiger partial charge on any atom is 0.213 e. The molecule has 0 saturated carbocycles. The van der Waals surface area contributed by atoms with Crippen LogP contribution < -0.4 is 4.74 Å². The summed E-state index contributed by atoms with van der Waals surface area (Å²) in [5.74, 6) is 2.08. The lowest BCUT2D eigenvalue weighted by atomic mass is 10.1. The van der Waals surface area contributed by atoms with E-state index >= 15 is 0 Å². The first kappa shape index (κ1) is 15.3. The summed E-state index contributed by atoms with van der Waals surface area (Å²) < 4.78 is 11.5.